The molecule has 0 bridgehead atoms. The summed E-state index contributed by atoms with van der Waals surface area (Å²) in [5.41, 5.74) is 2.08. The minimum absolute atomic E-state index is 0.199. The van der Waals surface area contributed by atoms with E-state index in [1.807, 2.05) is 30.3 Å². The van der Waals surface area contributed by atoms with Crippen LogP contribution in [0, 0.1) is 11.7 Å². The fourth-order valence-electron chi connectivity index (χ4n) is 2.35. The summed E-state index contributed by atoms with van der Waals surface area (Å²) in [5.74, 6) is 0.401. The summed E-state index contributed by atoms with van der Waals surface area (Å²) in [5, 5.41) is 4.23. The third-order valence-electron chi connectivity index (χ3n) is 3.56. The molecule has 0 heterocycles. The van der Waals surface area contributed by atoms with Crippen LogP contribution in [0.4, 0.5) is 10.1 Å². The van der Waals surface area contributed by atoms with Gasteiger partial charge in [0.2, 0.25) is 0 Å². The molecule has 3 rings (SSSR count). The molecule has 0 saturated heterocycles. The van der Waals surface area contributed by atoms with Gasteiger partial charge in [-0.05, 0) is 70.6 Å². The Kier molecular flexibility index (Phi) is 3.99. The topological polar surface area (TPSA) is 12.0 Å². The van der Waals surface area contributed by atoms with Gasteiger partial charge in [-0.1, -0.05) is 23.7 Å². The second-order valence-corrected chi connectivity index (χ2v) is 6.43. The first-order chi connectivity index (χ1) is 9.63. The van der Waals surface area contributed by atoms with Crippen LogP contribution in [0.15, 0.2) is 46.9 Å². The van der Waals surface area contributed by atoms with Crippen LogP contribution in [0.25, 0.3) is 0 Å². The molecule has 0 aromatic heterocycles. The molecule has 0 aliphatic heterocycles. The van der Waals surface area contributed by atoms with Crippen LogP contribution in [-0.2, 0) is 0 Å². The van der Waals surface area contributed by atoms with Crippen LogP contribution in [-0.4, -0.2) is 0 Å². The van der Waals surface area contributed by atoms with Gasteiger partial charge in [-0.15, -0.1) is 0 Å². The Labute approximate surface area is 131 Å². The number of anilines is 1. The van der Waals surface area contributed by atoms with Crippen molar-refractivity contribution < 1.29 is 4.39 Å². The summed E-state index contributed by atoms with van der Waals surface area (Å²) in [6.45, 7) is 0. The molecule has 0 spiro atoms. The Hall–Kier alpha value is -1.06. The number of rotatable bonds is 4. The molecule has 2 aromatic carbocycles. The van der Waals surface area contributed by atoms with E-state index in [2.05, 4.69) is 21.2 Å². The van der Waals surface area contributed by atoms with Gasteiger partial charge in [0.15, 0.2) is 0 Å². The maximum Gasteiger partial charge on any atom is 0.123 e. The first kappa shape index (κ1) is 13.9. The number of nitrogens with one attached hydrogen (secondary N) is 1. The van der Waals surface area contributed by atoms with Crippen molar-refractivity contribution in [2.75, 3.05) is 5.32 Å². The molecule has 20 heavy (non-hydrogen) atoms. The fourth-order valence-corrected chi connectivity index (χ4v) is 2.88. The van der Waals surface area contributed by atoms with Crippen molar-refractivity contribution >= 4 is 33.2 Å². The fraction of sp³-hybridized carbons (Fsp3) is 0.250. The Balaban J connectivity index is 1.88. The van der Waals surface area contributed by atoms with E-state index in [4.69, 9.17) is 11.6 Å². The summed E-state index contributed by atoms with van der Waals surface area (Å²) >= 11 is 9.58. The normalized spacial score (nSPS) is 15.9. The molecule has 104 valence electrons. The van der Waals surface area contributed by atoms with Crippen LogP contribution in [0.1, 0.15) is 24.4 Å². The van der Waals surface area contributed by atoms with E-state index in [9.17, 15) is 4.39 Å². The Morgan fingerprint density at radius 2 is 1.85 bits per heavy atom. The van der Waals surface area contributed by atoms with Gasteiger partial charge in [0.1, 0.15) is 5.82 Å². The second kappa shape index (κ2) is 5.74. The van der Waals surface area contributed by atoms with E-state index < -0.39 is 0 Å². The van der Waals surface area contributed by atoms with Crippen molar-refractivity contribution in [3.63, 3.8) is 0 Å². The molecule has 0 amide bonds. The van der Waals surface area contributed by atoms with Crippen LogP contribution < -0.4 is 5.32 Å². The SMILES string of the molecule is Fc1ccc(C(Nc2cc(Cl)ccc2Br)C2CC2)cc1. The van der Waals surface area contributed by atoms with Crippen molar-refractivity contribution in [3.8, 4) is 0 Å². The average molecular weight is 355 g/mol. The second-order valence-electron chi connectivity index (χ2n) is 5.14. The van der Waals surface area contributed by atoms with Crippen molar-refractivity contribution in [3.05, 3.63) is 63.3 Å². The van der Waals surface area contributed by atoms with E-state index in [-0.39, 0.29) is 11.9 Å². The molecule has 1 saturated carbocycles. The average Bonchev–Trinajstić information content (AvgIpc) is 3.25. The number of hydrogen-bond acceptors (Lipinski definition) is 1. The number of halogens is 3. The summed E-state index contributed by atoms with van der Waals surface area (Å²) in [6, 6.07) is 12.6. The van der Waals surface area contributed by atoms with Crippen LogP contribution in [0.5, 0.6) is 0 Å². The molecule has 1 fully saturated rings. The third kappa shape index (κ3) is 3.15. The Bertz CT molecular complexity index is 610. The Morgan fingerprint density at radius 1 is 1.15 bits per heavy atom. The van der Waals surface area contributed by atoms with Crippen LogP contribution >= 0.6 is 27.5 Å². The highest BCUT2D eigenvalue weighted by Crippen LogP contribution is 2.44. The molecule has 0 radical (unpaired) electrons. The standard InChI is InChI=1S/C16H14BrClFN/c17-14-8-5-12(18)9-15(14)20-16(10-1-2-10)11-3-6-13(19)7-4-11/h3-10,16,20H,1-2H2. The van der Waals surface area contributed by atoms with Crippen LogP contribution in [0.3, 0.4) is 0 Å². The Morgan fingerprint density at radius 3 is 2.50 bits per heavy atom. The first-order valence-electron chi connectivity index (χ1n) is 6.60. The highest BCUT2D eigenvalue weighted by molar-refractivity contribution is 9.10. The smallest absolute Gasteiger partial charge is 0.123 e. The van der Waals surface area contributed by atoms with E-state index >= 15 is 0 Å². The lowest BCUT2D eigenvalue weighted by Gasteiger charge is -2.21. The predicted octanol–water partition coefficient (Wildman–Crippen LogP) is 5.80. The highest BCUT2D eigenvalue weighted by Gasteiger charge is 2.32. The van der Waals surface area contributed by atoms with Crippen molar-refractivity contribution in [2.45, 2.75) is 18.9 Å². The van der Waals surface area contributed by atoms with Crippen LogP contribution in [0.2, 0.25) is 5.02 Å². The van der Waals surface area contributed by atoms with E-state index in [0.717, 1.165) is 15.7 Å². The van der Waals surface area contributed by atoms with Gasteiger partial charge in [0.05, 0.1) is 11.7 Å². The maximum atomic E-state index is 13.1. The monoisotopic (exact) mass is 353 g/mol. The molecule has 1 N–H and O–H groups in total. The molecule has 1 atom stereocenters. The minimum Gasteiger partial charge on any atom is -0.377 e. The minimum atomic E-state index is -0.202. The highest BCUT2D eigenvalue weighted by atomic mass is 79.9. The summed E-state index contributed by atoms with van der Waals surface area (Å²) < 4.78 is 14.0. The molecule has 1 nitrogen and oxygen atoms in total. The quantitative estimate of drug-likeness (QED) is 0.731. The third-order valence-corrected chi connectivity index (χ3v) is 4.49. The van der Waals surface area contributed by atoms with E-state index in [1.54, 1.807) is 0 Å². The van der Waals surface area contributed by atoms with Gasteiger partial charge in [-0.25, -0.2) is 4.39 Å². The molecule has 4 heteroatoms. The van der Waals surface area contributed by atoms with E-state index in [1.165, 1.54) is 25.0 Å². The lowest BCUT2D eigenvalue weighted by Crippen LogP contribution is -2.13. The zero-order valence-corrected chi connectivity index (χ0v) is 13.1. The number of hydrogen-bond donors (Lipinski definition) is 1. The molecule has 1 aliphatic rings. The van der Waals surface area contributed by atoms with Crippen molar-refractivity contribution in [2.24, 2.45) is 5.92 Å². The van der Waals surface area contributed by atoms with Gasteiger partial charge < -0.3 is 5.32 Å². The first-order valence-corrected chi connectivity index (χ1v) is 7.77. The van der Waals surface area contributed by atoms with Crippen molar-refractivity contribution in [1.29, 1.82) is 0 Å². The lowest BCUT2D eigenvalue weighted by atomic mass is 10.0. The number of benzene rings is 2. The maximum absolute atomic E-state index is 13.1. The summed E-state index contributed by atoms with van der Waals surface area (Å²) in [4.78, 5) is 0. The summed E-state index contributed by atoms with van der Waals surface area (Å²) in [6.07, 6.45) is 2.40. The van der Waals surface area contributed by atoms with Gasteiger partial charge in [0.25, 0.3) is 0 Å². The van der Waals surface area contributed by atoms with Crippen molar-refractivity contribution in [1.82, 2.24) is 0 Å². The summed E-state index contributed by atoms with van der Waals surface area (Å²) in [7, 11) is 0. The zero-order valence-electron chi connectivity index (χ0n) is 10.7. The molecule has 1 unspecified atom stereocenters. The van der Waals surface area contributed by atoms with Gasteiger partial charge in [-0.3, -0.25) is 0 Å². The lowest BCUT2D eigenvalue weighted by molar-refractivity contribution is 0.622. The van der Waals surface area contributed by atoms with Gasteiger partial charge in [-0.2, -0.15) is 0 Å². The van der Waals surface area contributed by atoms with Gasteiger partial charge in [0, 0.05) is 9.50 Å². The largest absolute Gasteiger partial charge is 0.377 e. The predicted molar refractivity (Wildman–Crippen MR) is 84.6 cm³/mol. The van der Waals surface area contributed by atoms with Gasteiger partial charge >= 0.3 is 0 Å². The molecule has 2 aromatic rings. The zero-order chi connectivity index (χ0) is 14.1. The molecular weight excluding hydrogens is 341 g/mol. The molecule has 1 aliphatic carbocycles. The molecular formula is C16H14BrClFN. The van der Waals surface area contributed by atoms with E-state index in [0.29, 0.717) is 10.9 Å².